The number of hydrogen-bond acceptors (Lipinski definition) is 2. The molecule has 0 heterocycles. The number of benzene rings is 1. The van der Waals surface area contributed by atoms with Gasteiger partial charge in [0.15, 0.2) is 0 Å². The maximum atomic E-state index is 8.50. The molecule has 68 valence electrons. The summed E-state index contributed by atoms with van der Waals surface area (Å²) >= 11 is 6.75. The number of rotatable bonds is 2. The summed E-state index contributed by atoms with van der Waals surface area (Å²) in [4.78, 5) is 0. The highest BCUT2D eigenvalue weighted by molar-refractivity contribution is 9.11. The van der Waals surface area contributed by atoms with Gasteiger partial charge in [0, 0.05) is 15.0 Å². The van der Waals surface area contributed by atoms with E-state index in [2.05, 4.69) is 37.9 Å². The molecule has 4 heteroatoms. The highest BCUT2D eigenvalue weighted by Crippen LogP contribution is 2.26. The van der Waals surface area contributed by atoms with E-state index in [9.17, 15) is 0 Å². The van der Waals surface area contributed by atoms with Crippen LogP contribution in [0.3, 0.4) is 0 Å². The fourth-order valence-electron chi connectivity index (χ4n) is 1.01. The Kier molecular flexibility index (Phi) is 3.91. The molecule has 0 bridgehead atoms. The van der Waals surface area contributed by atoms with Crippen LogP contribution in [0.1, 0.15) is 18.0 Å². The van der Waals surface area contributed by atoms with Crippen molar-refractivity contribution in [2.45, 2.75) is 12.5 Å². The molecule has 0 saturated carbocycles. The summed E-state index contributed by atoms with van der Waals surface area (Å²) in [6.45, 7) is 0. The Morgan fingerprint density at radius 3 is 2.77 bits per heavy atom. The molecular formula is C9H8Br2N2. The molecule has 1 aromatic carbocycles. The van der Waals surface area contributed by atoms with Crippen molar-refractivity contribution in [3.05, 3.63) is 32.7 Å². The zero-order valence-corrected chi connectivity index (χ0v) is 9.97. The number of nitrogens with two attached hydrogens (primary N) is 1. The summed E-state index contributed by atoms with van der Waals surface area (Å²) < 4.78 is 1.91. The molecule has 0 radical (unpaired) electrons. The van der Waals surface area contributed by atoms with Gasteiger partial charge in [-0.1, -0.05) is 31.9 Å². The Morgan fingerprint density at radius 1 is 1.46 bits per heavy atom. The van der Waals surface area contributed by atoms with Crippen LogP contribution in [-0.4, -0.2) is 0 Å². The van der Waals surface area contributed by atoms with Crippen molar-refractivity contribution in [3.63, 3.8) is 0 Å². The molecule has 1 aromatic rings. The third kappa shape index (κ3) is 2.80. The van der Waals surface area contributed by atoms with E-state index in [0.717, 1.165) is 14.5 Å². The topological polar surface area (TPSA) is 49.8 Å². The van der Waals surface area contributed by atoms with Gasteiger partial charge >= 0.3 is 0 Å². The Hall–Kier alpha value is -0.370. The van der Waals surface area contributed by atoms with Crippen molar-refractivity contribution < 1.29 is 0 Å². The Labute approximate surface area is 94.0 Å². The van der Waals surface area contributed by atoms with E-state index in [1.807, 2.05) is 18.2 Å². The van der Waals surface area contributed by atoms with Crippen LogP contribution in [0.2, 0.25) is 0 Å². The minimum atomic E-state index is -0.225. The molecule has 0 amide bonds. The van der Waals surface area contributed by atoms with Crippen molar-refractivity contribution in [1.29, 1.82) is 5.26 Å². The molecule has 1 rings (SSSR count). The summed E-state index contributed by atoms with van der Waals surface area (Å²) in [6.07, 6.45) is 0.328. The fourth-order valence-corrected chi connectivity index (χ4v) is 1.93. The van der Waals surface area contributed by atoms with Crippen molar-refractivity contribution in [2.75, 3.05) is 0 Å². The van der Waals surface area contributed by atoms with Gasteiger partial charge in [0.25, 0.3) is 0 Å². The molecule has 2 N–H and O–H groups in total. The summed E-state index contributed by atoms with van der Waals surface area (Å²) in [5.41, 5.74) is 6.76. The number of halogens is 2. The highest BCUT2D eigenvalue weighted by atomic mass is 79.9. The predicted octanol–water partition coefficient (Wildman–Crippen LogP) is 3.13. The zero-order chi connectivity index (χ0) is 9.84. The lowest BCUT2D eigenvalue weighted by Gasteiger charge is -2.10. The number of nitriles is 1. The van der Waals surface area contributed by atoms with E-state index in [4.69, 9.17) is 11.0 Å². The van der Waals surface area contributed by atoms with Gasteiger partial charge in [-0.2, -0.15) is 5.26 Å². The Balaban J connectivity index is 3.00. The van der Waals surface area contributed by atoms with Crippen molar-refractivity contribution in [3.8, 4) is 6.07 Å². The summed E-state index contributed by atoms with van der Waals surface area (Å²) in [5.74, 6) is 0. The van der Waals surface area contributed by atoms with E-state index in [1.165, 1.54) is 0 Å². The average molecular weight is 304 g/mol. The maximum absolute atomic E-state index is 8.50. The smallest absolute Gasteiger partial charge is 0.0641 e. The van der Waals surface area contributed by atoms with Crippen molar-refractivity contribution in [2.24, 2.45) is 5.73 Å². The quantitative estimate of drug-likeness (QED) is 0.912. The van der Waals surface area contributed by atoms with Crippen molar-refractivity contribution in [1.82, 2.24) is 0 Å². The normalized spacial score (nSPS) is 12.2. The van der Waals surface area contributed by atoms with E-state index in [-0.39, 0.29) is 6.04 Å². The van der Waals surface area contributed by atoms with Gasteiger partial charge in [0.05, 0.1) is 12.5 Å². The van der Waals surface area contributed by atoms with Gasteiger partial charge in [-0.3, -0.25) is 0 Å². The monoisotopic (exact) mass is 302 g/mol. The second-order valence-corrected chi connectivity index (χ2v) is 4.40. The largest absolute Gasteiger partial charge is 0.323 e. The maximum Gasteiger partial charge on any atom is 0.0641 e. The molecule has 0 aliphatic carbocycles. The summed E-state index contributed by atoms with van der Waals surface area (Å²) in [5, 5.41) is 8.50. The van der Waals surface area contributed by atoms with Crippen molar-refractivity contribution >= 4 is 31.9 Å². The van der Waals surface area contributed by atoms with Crippen LogP contribution in [0, 0.1) is 11.3 Å². The van der Waals surface area contributed by atoms with Crippen LogP contribution in [0.25, 0.3) is 0 Å². The Morgan fingerprint density at radius 2 is 2.15 bits per heavy atom. The molecule has 0 aliphatic rings. The minimum absolute atomic E-state index is 0.225. The lowest BCUT2D eigenvalue weighted by molar-refractivity contribution is 0.744. The molecule has 0 aliphatic heterocycles. The summed E-state index contributed by atoms with van der Waals surface area (Å²) in [6, 6.07) is 7.59. The van der Waals surface area contributed by atoms with Gasteiger partial charge in [0.2, 0.25) is 0 Å². The lowest BCUT2D eigenvalue weighted by Crippen LogP contribution is -2.09. The first-order valence-electron chi connectivity index (χ1n) is 3.72. The Bertz CT molecular complexity index is 344. The fraction of sp³-hybridized carbons (Fsp3) is 0.222. The van der Waals surface area contributed by atoms with Crippen LogP contribution in [0.4, 0.5) is 0 Å². The van der Waals surface area contributed by atoms with E-state index >= 15 is 0 Å². The van der Waals surface area contributed by atoms with Gasteiger partial charge in [0.1, 0.15) is 0 Å². The summed E-state index contributed by atoms with van der Waals surface area (Å²) in [7, 11) is 0. The first kappa shape index (κ1) is 10.7. The first-order chi connectivity index (χ1) is 6.15. The number of hydrogen-bond donors (Lipinski definition) is 1. The van der Waals surface area contributed by atoms with Gasteiger partial charge in [-0.25, -0.2) is 0 Å². The second kappa shape index (κ2) is 4.75. The average Bonchev–Trinajstić information content (AvgIpc) is 2.09. The molecular weight excluding hydrogens is 296 g/mol. The van der Waals surface area contributed by atoms with Gasteiger partial charge in [-0.15, -0.1) is 0 Å². The van der Waals surface area contributed by atoms with Gasteiger partial charge < -0.3 is 5.73 Å². The molecule has 1 atom stereocenters. The zero-order valence-electron chi connectivity index (χ0n) is 6.80. The van der Waals surface area contributed by atoms with Crippen LogP contribution in [0.15, 0.2) is 27.1 Å². The van der Waals surface area contributed by atoms with E-state index in [1.54, 1.807) is 0 Å². The molecule has 0 spiro atoms. The third-order valence-corrected chi connectivity index (χ3v) is 2.88. The second-order valence-electron chi connectivity index (χ2n) is 2.63. The van der Waals surface area contributed by atoms with E-state index < -0.39 is 0 Å². The van der Waals surface area contributed by atoms with E-state index in [0.29, 0.717) is 6.42 Å². The number of nitrogens with zero attached hydrogens (tertiary/aromatic N) is 1. The standard InChI is InChI=1S/C9H8Br2N2/c10-6-1-2-8(11)7(5-6)9(13)3-4-12/h1-2,5,9H,3,13H2/t9-/m1/s1. The predicted molar refractivity (Wildman–Crippen MR) is 59.0 cm³/mol. The SMILES string of the molecule is N#CC[C@@H](N)c1cc(Br)ccc1Br. The lowest BCUT2D eigenvalue weighted by atomic mass is 10.1. The van der Waals surface area contributed by atoms with Crippen LogP contribution in [0.5, 0.6) is 0 Å². The first-order valence-corrected chi connectivity index (χ1v) is 5.31. The minimum Gasteiger partial charge on any atom is -0.323 e. The third-order valence-electron chi connectivity index (χ3n) is 1.67. The molecule has 0 fully saturated rings. The molecule has 0 aromatic heterocycles. The van der Waals surface area contributed by atoms with Crippen LogP contribution >= 0.6 is 31.9 Å². The molecule has 13 heavy (non-hydrogen) atoms. The van der Waals surface area contributed by atoms with Gasteiger partial charge in [-0.05, 0) is 23.8 Å². The highest BCUT2D eigenvalue weighted by Gasteiger charge is 2.09. The van der Waals surface area contributed by atoms with Crippen LogP contribution < -0.4 is 5.73 Å². The molecule has 2 nitrogen and oxygen atoms in total. The van der Waals surface area contributed by atoms with Crippen LogP contribution in [-0.2, 0) is 0 Å². The molecule has 0 saturated heterocycles. The molecule has 0 unspecified atom stereocenters.